The molecule has 0 radical (unpaired) electrons. The van der Waals surface area contributed by atoms with Crippen LogP contribution in [0.4, 0.5) is 4.39 Å². The molecule has 0 aliphatic carbocycles. The molecule has 1 aromatic heterocycles. The summed E-state index contributed by atoms with van der Waals surface area (Å²) in [5.41, 5.74) is 3.01. The molecule has 21 heavy (non-hydrogen) atoms. The van der Waals surface area contributed by atoms with E-state index in [0.717, 1.165) is 5.56 Å². The Morgan fingerprint density at radius 2 is 2.29 bits per heavy atom. The van der Waals surface area contributed by atoms with Crippen molar-refractivity contribution in [2.45, 2.75) is 19.8 Å². The van der Waals surface area contributed by atoms with Crippen LogP contribution in [0, 0.1) is 11.2 Å². The Morgan fingerprint density at radius 3 is 2.95 bits per heavy atom. The molecule has 1 aromatic carbocycles. The highest BCUT2D eigenvalue weighted by Gasteiger charge is 2.13. The predicted molar refractivity (Wildman–Crippen MR) is 75.0 cm³/mol. The molecular weight excluding hydrogens is 277 g/mol. The summed E-state index contributed by atoms with van der Waals surface area (Å²) in [4.78, 5) is 14.3. The van der Waals surface area contributed by atoms with Gasteiger partial charge in [0, 0.05) is 23.5 Å². The van der Waals surface area contributed by atoms with Crippen molar-refractivity contribution < 1.29 is 19.1 Å². The quantitative estimate of drug-likeness (QED) is 0.294. The fourth-order valence-electron chi connectivity index (χ4n) is 2.13. The standard InChI is InChI=1S/C14H16FN3O3/c1-2-21-13(19)4-3-8-7-17-12-6-10(14(16)18-20)11(15)5-9(8)12/h5-7,17,20H,2-4H2,1H3,(H2,16,18). The van der Waals surface area contributed by atoms with Gasteiger partial charge >= 0.3 is 5.97 Å². The topological polar surface area (TPSA) is 98.2 Å². The number of hydroxylamine groups is 1. The van der Waals surface area contributed by atoms with Crippen LogP contribution in [0.25, 0.3) is 10.9 Å². The number of hydrogen-bond acceptors (Lipinski definition) is 4. The summed E-state index contributed by atoms with van der Waals surface area (Å²) in [5.74, 6) is -1.33. The van der Waals surface area contributed by atoms with Crippen molar-refractivity contribution in [3.05, 3.63) is 35.3 Å². The number of esters is 1. The van der Waals surface area contributed by atoms with Gasteiger partial charge in [0.1, 0.15) is 5.82 Å². The third-order valence-corrected chi connectivity index (χ3v) is 3.14. The van der Waals surface area contributed by atoms with E-state index in [-0.39, 0.29) is 18.0 Å². The zero-order chi connectivity index (χ0) is 15.4. The SMILES string of the molecule is CCOC(=O)CCc1c[nH]c2cc(C(=N)NO)c(F)cc12. The first-order valence-electron chi connectivity index (χ1n) is 6.51. The second-order valence-corrected chi connectivity index (χ2v) is 4.48. The molecule has 6 nitrogen and oxygen atoms in total. The number of aromatic nitrogens is 1. The monoisotopic (exact) mass is 293 g/mol. The molecule has 0 saturated heterocycles. The summed E-state index contributed by atoms with van der Waals surface area (Å²) >= 11 is 0. The van der Waals surface area contributed by atoms with Crippen LogP contribution in [0.1, 0.15) is 24.5 Å². The van der Waals surface area contributed by atoms with Crippen LogP contribution in [-0.2, 0) is 16.0 Å². The minimum absolute atomic E-state index is 0.0382. The molecule has 0 saturated carbocycles. The average molecular weight is 293 g/mol. The van der Waals surface area contributed by atoms with Crippen molar-refractivity contribution in [2.24, 2.45) is 0 Å². The summed E-state index contributed by atoms with van der Waals surface area (Å²) in [6, 6.07) is 2.72. The molecule has 2 rings (SSSR count). The summed E-state index contributed by atoms with van der Waals surface area (Å²) in [7, 11) is 0. The molecule has 0 atom stereocenters. The number of rotatable bonds is 5. The van der Waals surface area contributed by atoms with Gasteiger partial charge in [-0.05, 0) is 31.0 Å². The molecular formula is C14H16FN3O3. The average Bonchev–Trinajstić information content (AvgIpc) is 2.86. The smallest absolute Gasteiger partial charge is 0.306 e. The number of nitrogens with one attached hydrogen (secondary N) is 3. The largest absolute Gasteiger partial charge is 0.466 e. The lowest BCUT2D eigenvalue weighted by molar-refractivity contribution is -0.143. The van der Waals surface area contributed by atoms with Crippen molar-refractivity contribution in [2.75, 3.05) is 6.61 Å². The molecule has 2 aromatic rings. The zero-order valence-corrected chi connectivity index (χ0v) is 11.5. The second kappa shape index (κ2) is 6.36. The van der Waals surface area contributed by atoms with Crippen LogP contribution >= 0.6 is 0 Å². The van der Waals surface area contributed by atoms with Crippen LogP contribution in [-0.4, -0.2) is 28.6 Å². The summed E-state index contributed by atoms with van der Waals surface area (Å²) in [6.07, 6.45) is 2.36. The number of carbonyl (C=O) groups is 1. The number of H-pyrrole nitrogens is 1. The van der Waals surface area contributed by atoms with Gasteiger partial charge < -0.3 is 9.72 Å². The summed E-state index contributed by atoms with van der Waals surface area (Å²) < 4.78 is 18.8. The number of fused-ring (bicyclic) bond motifs is 1. The number of aryl methyl sites for hydroxylation is 1. The van der Waals surface area contributed by atoms with Gasteiger partial charge in [0.15, 0.2) is 5.84 Å². The third-order valence-electron chi connectivity index (χ3n) is 3.14. The minimum Gasteiger partial charge on any atom is -0.466 e. The van der Waals surface area contributed by atoms with E-state index in [0.29, 0.717) is 23.9 Å². The molecule has 1 heterocycles. The van der Waals surface area contributed by atoms with Crippen molar-refractivity contribution in [1.82, 2.24) is 10.5 Å². The molecule has 0 aliphatic heterocycles. The Morgan fingerprint density at radius 1 is 1.52 bits per heavy atom. The fourth-order valence-corrected chi connectivity index (χ4v) is 2.13. The van der Waals surface area contributed by atoms with E-state index in [1.165, 1.54) is 12.1 Å². The van der Waals surface area contributed by atoms with Gasteiger partial charge in [0.25, 0.3) is 0 Å². The molecule has 7 heteroatoms. The fraction of sp³-hybridized carbons (Fsp3) is 0.286. The number of halogens is 1. The Labute approximate surface area is 120 Å². The van der Waals surface area contributed by atoms with E-state index >= 15 is 0 Å². The van der Waals surface area contributed by atoms with Crippen LogP contribution in [0.15, 0.2) is 18.3 Å². The Bertz CT molecular complexity index is 681. The van der Waals surface area contributed by atoms with Crippen LogP contribution in [0.5, 0.6) is 0 Å². The first-order valence-corrected chi connectivity index (χ1v) is 6.51. The van der Waals surface area contributed by atoms with Gasteiger partial charge in [0.2, 0.25) is 0 Å². The molecule has 4 N–H and O–H groups in total. The number of benzene rings is 1. The van der Waals surface area contributed by atoms with Gasteiger partial charge in [-0.1, -0.05) is 0 Å². The van der Waals surface area contributed by atoms with E-state index in [2.05, 4.69) is 4.98 Å². The number of amidine groups is 1. The summed E-state index contributed by atoms with van der Waals surface area (Å²) in [5, 5.41) is 16.7. The molecule has 112 valence electrons. The normalized spacial score (nSPS) is 10.6. The highest BCUT2D eigenvalue weighted by molar-refractivity contribution is 5.99. The van der Waals surface area contributed by atoms with Crippen molar-refractivity contribution in [1.29, 1.82) is 5.41 Å². The molecule has 0 amide bonds. The third kappa shape index (κ3) is 3.19. The number of aromatic amines is 1. The summed E-state index contributed by atoms with van der Waals surface area (Å²) in [6.45, 7) is 2.08. The first-order chi connectivity index (χ1) is 10.1. The van der Waals surface area contributed by atoms with E-state index in [1.807, 2.05) is 0 Å². The van der Waals surface area contributed by atoms with Gasteiger partial charge in [-0.2, -0.15) is 0 Å². The van der Waals surface area contributed by atoms with E-state index in [1.54, 1.807) is 18.6 Å². The minimum atomic E-state index is -0.619. The number of ether oxygens (including phenoxy) is 1. The first kappa shape index (κ1) is 15.0. The van der Waals surface area contributed by atoms with Gasteiger partial charge in [0.05, 0.1) is 12.2 Å². The van der Waals surface area contributed by atoms with Crippen molar-refractivity contribution in [3.63, 3.8) is 0 Å². The molecule has 0 spiro atoms. The lowest BCUT2D eigenvalue weighted by Gasteiger charge is -2.05. The van der Waals surface area contributed by atoms with Gasteiger partial charge in [-0.25, -0.2) is 4.39 Å². The van der Waals surface area contributed by atoms with Gasteiger partial charge in [-0.15, -0.1) is 0 Å². The van der Waals surface area contributed by atoms with Crippen molar-refractivity contribution in [3.8, 4) is 0 Å². The zero-order valence-electron chi connectivity index (χ0n) is 11.5. The maximum absolute atomic E-state index is 13.9. The second-order valence-electron chi connectivity index (χ2n) is 4.48. The lowest BCUT2D eigenvalue weighted by Crippen LogP contribution is -2.20. The van der Waals surface area contributed by atoms with E-state index < -0.39 is 11.7 Å². The molecule has 0 aliphatic rings. The number of hydrogen-bond donors (Lipinski definition) is 4. The van der Waals surface area contributed by atoms with E-state index in [4.69, 9.17) is 15.4 Å². The highest BCUT2D eigenvalue weighted by atomic mass is 19.1. The maximum Gasteiger partial charge on any atom is 0.306 e. The Hall–Kier alpha value is -2.41. The van der Waals surface area contributed by atoms with E-state index in [9.17, 15) is 9.18 Å². The van der Waals surface area contributed by atoms with Crippen molar-refractivity contribution >= 4 is 22.7 Å². The molecule has 0 unspecified atom stereocenters. The Kier molecular flexibility index (Phi) is 4.54. The van der Waals surface area contributed by atoms with Crippen LogP contribution in [0.3, 0.4) is 0 Å². The highest BCUT2D eigenvalue weighted by Crippen LogP contribution is 2.23. The predicted octanol–water partition coefficient (Wildman–Crippen LogP) is 2.11. The van der Waals surface area contributed by atoms with Crippen LogP contribution in [0.2, 0.25) is 0 Å². The van der Waals surface area contributed by atoms with Crippen LogP contribution < -0.4 is 5.48 Å². The lowest BCUT2D eigenvalue weighted by atomic mass is 10.1. The molecule has 0 bridgehead atoms. The molecule has 0 fully saturated rings. The maximum atomic E-state index is 13.9. The van der Waals surface area contributed by atoms with Gasteiger partial charge in [-0.3, -0.25) is 20.9 Å². The number of carbonyl (C=O) groups excluding carboxylic acids is 1. The Balaban J connectivity index is 2.26.